The van der Waals surface area contributed by atoms with Crippen LogP contribution in [0.1, 0.15) is 27.4 Å². The summed E-state index contributed by atoms with van der Waals surface area (Å²) in [6, 6.07) is 16.2. The van der Waals surface area contributed by atoms with E-state index in [1.165, 1.54) is 28.0 Å². The minimum Gasteiger partial charge on any atom is -0.486 e. The van der Waals surface area contributed by atoms with E-state index < -0.39 is 0 Å². The van der Waals surface area contributed by atoms with Crippen LogP contribution < -0.4 is 10.1 Å². The summed E-state index contributed by atoms with van der Waals surface area (Å²) in [7, 11) is 0. The van der Waals surface area contributed by atoms with Crippen molar-refractivity contribution >= 4 is 17.2 Å². The molecule has 0 saturated heterocycles. The molecule has 1 amide bonds. The van der Waals surface area contributed by atoms with Crippen molar-refractivity contribution in [3.63, 3.8) is 0 Å². The van der Waals surface area contributed by atoms with Gasteiger partial charge in [-0.25, -0.2) is 4.98 Å². The van der Waals surface area contributed by atoms with Gasteiger partial charge < -0.3 is 10.1 Å². The van der Waals surface area contributed by atoms with Crippen molar-refractivity contribution < 1.29 is 9.53 Å². The first-order valence-corrected chi connectivity index (χ1v) is 9.92. The predicted molar refractivity (Wildman–Crippen MR) is 109 cm³/mol. The van der Waals surface area contributed by atoms with Crippen molar-refractivity contribution in [2.24, 2.45) is 0 Å². The highest BCUT2D eigenvalue weighted by atomic mass is 32.1. The Balaban J connectivity index is 1.42. The molecule has 0 saturated carbocycles. The van der Waals surface area contributed by atoms with E-state index in [4.69, 9.17) is 4.74 Å². The third kappa shape index (κ3) is 5.93. The molecule has 1 N–H and O–H groups in total. The molecule has 0 radical (unpaired) electrons. The topological polar surface area (TPSA) is 51.2 Å². The largest absolute Gasteiger partial charge is 0.486 e. The van der Waals surface area contributed by atoms with Crippen LogP contribution in [0.15, 0.2) is 53.9 Å². The molecule has 27 heavy (non-hydrogen) atoms. The Morgan fingerprint density at radius 3 is 2.67 bits per heavy atom. The number of aryl methyl sites for hydroxylation is 2. The van der Waals surface area contributed by atoms with Gasteiger partial charge in [-0.05, 0) is 43.5 Å². The standard InChI is InChI=1S/C22H24N2O2S/c1-16-7-9-20(10-8-16)26-14-22-24-19(15-27-22)13-21(25)23-12-11-18-6-4-3-5-17(18)2/h3-10,15H,11-14H2,1-2H3,(H,23,25). The monoisotopic (exact) mass is 380 g/mol. The summed E-state index contributed by atoms with van der Waals surface area (Å²) in [6.45, 7) is 5.19. The van der Waals surface area contributed by atoms with Gasteiger partial charge in [-0.15, -0.1) is 11.3 Å². The molecule has 0 aliphatic rings. The van der Waals surface area contributed by atoms with E-state index in [1.54, 1.807) is 0 Å². The molecule has 0 fully saturated rings. The van der Waals surface area contributed by atoms with Crippen LogP contribution in [-0.4, -0.2) is 17.4 Å². The van der Waals surface area contributed by atoms with Gasteiger partial charge >= 0.3 is 0 Å². The summed E-state index contributed by atoms with van der Waals surface area (Å²) in [4.78, 5) is 16.6. The maximum Gasteiger partial charge on any atom is 0.226 e. The summed E-state index contributed by atoms with van der Waals surface area (Å²) in [5.74, 6) is 0.825. The molecule has 3 rings (SSSR count). The minimum absolute atomic E-state index is 0.000105. The molecule has 0 atom stereocenters. The first-order valence-electron chi connectivity index (χ1n) is 9.04. The number of aromatic nitrogens is 1. The molecule has 3 aromatic rings. The van der Waals surface area contributed by atoms with E-state index in [0.717, 1.165) is 22.9 Å². The summed E-state index contributed by atoms with van der Waals surface area (Å²) in [6.07, 6.45) is 1.14. The second-order valence-corrected chi connectivity index (χ2v) is 7.48. The number of hydrogen-bond donors (Lipinski definition) is 1. The van der Waals surface area contributed by atoms with Gasteiger partial charge in [0.2, 0.25) is 5.91 Å². The van der Waals surface area contributed by atoms with Crippen molar-refractivity contribution in [1.82, 2.24) is 10.3 Å². The SMILES string of the molecule is Cc1ccc(OCc2nc(CC(=O)NCCc3ccccc3C)cs2)cc1. The molecule has 140 valence electrons. The van der Waals surface area contributed by atoms with Gasteiger partial charge in [0.25, 0.3) is 0 Å². The van der Waals surface area contributed by atoms with Gasteiger partial charge in [0.05, 0.1) is 12.1 Å². The Hall–Kier alpha value is -2.66. The third-order valence-corrected chi connectivity index (χ3v) is 5.17. The number of carbonyl (C=O) groups excluding carboxylic acids is 1. The highest BCUT2D eigenvalue weighted by Gasteiger charge is 2.08. The molecule has 1 aromatic heterocycles. The van der Waals surface area contributed by atoms with Crippen LogP contribution in [0.25, 0.3) is 0 Å². The van der Waals surface area contributed by atoms with Crippen LogP contribution in [0.3, 0.4) is 0 Å². The lowest BCUT2D eigenvalue weighted by Gasteiger charge is -2.07. The zero-order valence-electron chi connectivity index (χ0n) is 15.7. The minimum atomic E-state index is -0.000105. The number of nitrogens with one attached hydrogen (secondary N) is 1. The number of rotatable bonds is 8. The Labute approximate surface area is 164 Å². The third-order valence-electron chi connectivity index (χ3n) is 4.30. The van der Waals surface area contributed by atoms with E-state index in [2.05, 4.69) is 29.4 Å². The molecule has 0 unspecified atom stereocenters. The quantitative estimate of drug-likeness (QED) is 0.636. The lowest BCUT2D eigenvalue weighted by molar-refractivity contribution is -0.120. The normalized spacial score (nSPS) is 10.6. The predicted octanol–water partition coefficient (Wildman–Crippen LogP) is 4.24. The maximum atomic E-state index is 12.1. The molecule has 1 heterocycles. The number of thiazole rings is 1. The average Bonchev–Trinajstić information content (AvgIpc) is 3.10. The number of ether oxygens (including phenoxy) is 1. The lowest BCUT2D eigenvalue weighted by atomic mass is 10.1. The Bertz CT molecular complexity index is 887. The molecule has 0 bridgehead atoms. The van der Waals surface area contributed by atoms with Gasteiger partial charge in [-0.1, -0.05) is 42.0 Å². The summed E-state index contributed by atoms with van der Waals surface area (Å²) < 4.78 is 5.74. The van der Waals surface area contributed by atoms with Gasteiger partial charge in [0.1, 0.15) is 17.4 Å². The number of carbonyl (C=O) groups is 1. The lowest BCUT2D eigenvalue weighted by Crippen LogP contribution is -2.27. The fourth-order valence-electron chi connectivity index (χ4n) is 2.73. The van der Waals surface area contributed by atoms with Gasteiger partial charge in [0.15, 0.2) is 0 Å². The van der Waals surface area contributed by atoms with E-state index in [-0.39, 0.29) is 5.91 Å². The fourth-order valence-corrected chi connectivity index (χ4v) is 3.44. The first kappa shape index (κ1) is 19.1. The Morgan fingerprint density at radius 2 is 1.89 bits per heavy atom. The first-order chi connectivity index (χ1) is 13.1. The van der Waals surface area contributed by atoms with E-state index in [0.29, 0.717) is 19.6 Å². The zero-order valence-corrected chi connectivity index (χ0v) is 16.5. The highest BCUT2D eigenvalue weighted by Crippen LogP contribution is 2.16. The molecule has 0 aliphatic carbocycles. The van der Waals surface area contributed by atoms with Gasteiger partial charge in [0, 0.05) is 11.9 Å². The van der Waals surface area contributed by atoms with Crippen molar-refractivity contribution in [3.8, 4) is 5.75 Å². The zero-order chi connectivity index (χ0) is 19.1. The van der Waals surface area contributed by atoms with Crippen molar-refractivity contribution in [2.75, 3.05) is 6.54 Å². The van der Waals surface area contributed by atoms with Crippen molar-refractivity contribution in [3.05, 3.63) is 81.3 Å². The van der Waals surface area contributed by atoms with Crippen molar-refractivity contribution in [1.29, 1.82) is 0 Å². The van der Waals surface area contributed by atoms with E-state index in [9.17, 15) is 4.79 Å². The summed E-state index contributed by atoms with van der Waals surface area (Å²) in [5.41, 5.74) is 4.51. The number of benzene rings is 2. The van der Waals surface area contributed by atoms with E-state index in [1.807, 2.05) is 48.7 Å². The molecule has 2 aromatic carbocycles. The molecular weight excluding hydrogens is 356 g/mol. The highest BCUT2D eigenvalue weighted by molar-refractivity contribution is 7.09. The molecular formula is C22H24N2O2S. The molecule has 5 heteroatoms. The van der Waals surface area contributed by atoms with Gasteiger partial charge in [-0.2, -0.15) is 0 Å². The second-order valence-electron chi connectivity index (χ2n) is 6.54. The fraction of sp³-hybridized carbons (Fsp3) is 0.273. The molecule has 4 nitrogen and oxygen atoms in total. The summed E-state index contributed by atoms with van der Waals surface area (Å²) >= 11 is 1.52. The van der Waals surface area contributed by atoms with Gasteiger partial charge in [-0.3, -0.25) is 4.79 Å². The average molecular weight is 381 g/mol. The smallest absolute Gasteiger partial charge is 0.226 e. The number of amides is 1. The van der Waals surface area contributed by atoms with Crippen LogP contribution in [0.5, 0.6) is 5.75 Å². The summed E-state index contributed by atoms with van der Waals surface area (Å²) in [5, 5.41) is 5.77. The van der Waals surface area contributed by atoms with Crippen LogP contribution in [0.4, 0.5) is 0 Å². The van der Waals surface area contributed by atoms with Crippen LogP contribution >= 0.6 is 11.3 Å². The molecule has 0 spiro atoms. The number of hydrogen-bond acceptors (Lipinski definition) is 4. The maximum absolute atomic E-state index is 12.1. The van der Waals surface area contributed by atoms with Crippen molar-refractivity contribution in [2.45, 2.75) is 33.3 Å². The Morgan fingerprint density at radius 1 is 1.11 bits per heavy atom. The van der Waals surface area contributed by atoms with Crippen LogP contribution in [0.2, 0.25) is 0 Å². The number of nitrogens with zero attached hydrogens (tertiary/aromatic N) is 1. The van der Waals surface area contributed by atoms with E-state index >= 15 is 0 Å². The van der Waals surface area contributed by atoms with Crippen LogP contribution in [-0.2, 0) is 24.2 Å². The second kappa shape index (κ2) is 9.33. The Kier molecular flexibility index (Phi) is 6.60. The van der Waals surface area contributed by atoms with Crippen LogP contribution in [0, 0.1) is 13.8 Å². The molecule has 0 aliphatic heterocycles.